The van der Waals surface area contributed by atoms with Crippen LogP contribution in [0, 0.1) is 18.3 Å². The van der Waals surface area contributed by atoms with Gasteiger partial charge in [0.05, 0.1) is 17.2 Å². The summed E-state index contributed by atoms with van der Waals surface area (Å²) in [5.74, 6) is 0.627. The summed E-state index contributed by atoms with van der Waals surface area (Å²) >= 11 is 6.81. The number of nitriles is 1. The van der Waals surface area contributed by atoms with Gasteiger partial charge in [0.1, 0.15) is 42.6 Å². The highest BCUT2D eigenvalue weighted by Gasteiger charge is 2.29. The maximum atomic E-state index is 12.0. The lowest BCUT2D eigenvalue weighted by Crippen LogP contribution is -2.44. The van der Waals surface area contributed by atoms with Gasteiger partial charge in [-0.25, -0.2) is 0 Å². The molecule has 1 fully saturated rings. The van der Waals surface area contributed by atoms with Crippen LogP contribution in [0.25, 0.3) is 11.1 Å². The molecule has 10 nitrogen and oxygen atoms in total. The molecule has 1 unspecified atom stereocenters. The Balaban J connectivity index is 1.33. The Kier molecular flexibility index (Phi) is 13.1. The maximum absolute atomic E-state index is 12.0. The standard InChI is InChI=1S/C40H41ClN4O6/c1-3-39(46)44-14-8-16-49-33-11-6-9-30(18-33)34-12-7-10-31(27(34)2)26-51-38-20-37(50-25-29-17-28(21-42)22-43-23-29)32(19-35(38)41)24-45-15-5-4-13-36(45)40(47)48/h3,6-7,9-12,17-20,22-23,36H,1,4-5,8,13-16,24-26H2,2H3,(H,44,46)(H,47,48). The number of carboxylic acid groups (broad SMARTS) is 1. The molecule has 264 valence electrons. The molecule has 1 aliphatic heterocycles. The highest BCUT2D eigenvalue weighted by molar-refractivity contribution is 6.32. The van der Waals surface area contributed by atoms with E-state index >= 15 is 0 Å². The van der Waals surface area contributed by atoms with Gasteiger partial charge in [-0.15, -0.1) is 0 Å². The molecule has 0 radical (unpaired) electrons. The van der Waals surface area contributed by atoms with Crippen molar-refractivity contribution in [2.24, 2.45) is 0 Å². The monoisotopic (exact) mass is 708 g/mol. The van der Waals surface area contributed by atoms with Crippen molar-refractivity contribution < 1.29 is 28.9 Å². The number of piperidine rings is 1. The van der Waals surface area contributed by atoms with Gasteiger partial charge >= 0.3 is 5.97 Å². The number of hydrogen-bond acceptors (Lipinski definition) is 8. The first-order chi connectivity index (χ1) is 24.7. The van der Waals surface area contributed by atoms with Crippen LogP contribution >= 0.6 is 11.6 Å². The summed E-state index contributed by atoms with van der Waals surface area (Å²) in [5.41, 5.74) is 5.93. The van der Waals surface area contributed by atoms with E-state index in [9.17, 15) is 20.0 Å². The number of nitrogens with zero attached hydrogens (tertiary/aromatic N) is 3. The normalized spacial score (nSPS) is 14.3. The lowest BCUT2D eigenvalue weighted by Gasteiger charge is -2.33. The van der Waals surface area contributed by atoms with E-state index in [0.29, 0.717) is 61.2 Å². The van der Waals surface area contributed by atoms with Crippen molar-refractivity contribution in [3.8, 4) is 34.4 Å². The first-order valence-corrected chi connectivity index (χ1v) is 17.2. The first kappa shape index (κ1) is 36.9. The summed E-state index contributed by atoms with van der Waals surface area (Å²) in [6.45, 7) is 7.85. The van der Waals surface area contributed by atoms with E-state index in [2.05, 4.69) is 29.0 Å². The second-order valence-electron chi connectivity index (χ2n) is 12.3. The van der Waals surface area contributed by atoms with E-state index in [0.717, 1.165) is 52.0 Å². The minimum absolute atomic E-state index is 0.148. The molecule has 0 bridgehead atoms. The zero-order valence-electron chi connectivity index (χ0n) is 28.6. The number of ether oxygens (including phenoxy) is 3. The molecule has 1 atom stereocenters. The molecule has 4 aromatic rings. The summed E-state index contributed by atoms with van der Waals surface area (Å²) in [6.07, 6.45) is 7.40. The number of carbonyl (C=O) groups is 2. The topological polar surface area (TPSA) is 134 Å². The third-order valence-corrected chi connectivity index (χ3v) is 9.05. The molecular weight excluding hydrogens is 668 g/mol. The van der Waals surface area contributed by atoms with Crippen LogP contribution in [0.3, 0.4) is 0 Å². The van der Waals surface area contributed by atoms with Crippen molar-refractivity contribution in [3.63, 3.8) is 0 Å². The van der Waals surface area contributed by atoms with Crippen LogP contribution in [0.1, 0.15) is 53.5 Å². The van der Waals surface area contributed by atoms with Gasteiger partial charge in [0.2, 0.25) is 5.91 Å². The summed E-state index contributed by atoms with van der Waals surface area (Å²) < 4.78 is 18.5. The fourth-order valence-electron chi connectivity index (χ4n) is 6.02. The Morgan fingerprint density at radius 3 is 2.69 bits per heavy atom. The van der Waals surface area contributed by atoms with Crippen LogP contribution < -0.4 is 19.5 Å². The van der Waals surface area contributed by atoms with Gasteiger partial charge in [0.25, 0.3) is 0 Å². The number of hydrogen-bond donors (Lipinski definition) is 2. The number of amides is 1. The molecule has 0 spiro atoms. The van der Waals surface area contributed by atoms with E-state index in [1.165, 1.54) is 12.3 Å². The number of likely N-dealkylation sites (tertiary alicyclic amines) is 1. The van der Waals surface area contributed by atoms with Gasteiger partial charge < -0.3 is 24.6 Å². The smallest absolute Gasteiger partial charge is 0.320 e. The summed E-state index contributed by atoms with van der Waals surface area (Å²) in [6, 6.07) is 20.7. The maximum Gasteiger partial charge on any atom is 0.320 e. The van der Waals surface area contributed by atoms with Crippen molar-refractivity contribution in [1.82, 2.24) is 15.2 Å². The highest BCUT2D eigenvalue weighted by atomic mass is 35.5. The van der Waals surface area contributed by atoms with Gasteiger partial charge in [-0.2, -0.15) is 5.26 Å². The van der Waals surface area contributed by atoms with Gasteiger partial charge in [-0.05, 0) is 85.3 Å². The molecule has 2 N–H and O–H groups in total. The Morgan fingerprint density at radius 2 is 1.88 bits per heavy atom. The van der Waals surface area contributed by atoms with Crippen LogP contribution in [0.5, 0.6) is 17.2 Å². The van der Waals surface area contributed by atoms with Gasteiger partial charge in [0, 0.05) is 42.7 Å². The van der Waals surface area contributed by atoms with Crippen LogP contribution in [0.2, 0.25) is 5.02 Å². The lowest BCUT2D eigenvalue weighted by molar-refractivity contribution is -0.144. The van der Waals surface area contributed by atoms with Crippen LogP contribution in [0.4, 0.5) is 0 Å². The molecule has 1 amide bonds. The number of aromatic nitrogens is 1. The van der Waals surface area contributed by atoms with Crippen LogP contribution in [0.15, 0.2) is 85.7 Å². The minimum Gasteiger partial charge on any atom is -0.494 e. The second-order valence-corrected chi connectivity index (χ2v) is 12.7. The quantitative estimate of drug-likeness (QED) is 0.0912. The van der Waals surface area contributed by atoms with Gasteiger partial charge in [-0.1, -0.05) is 54.9 Å². The Hall–Kier alpha value is -5.37. The molecule has 2 heterocycles. The Labute approximate surface area is 303 Å². The Morgan fingerprint density at radius 1 is 1.06 bits per heavy atom. The molecule has 1 aromatic heterocycles. The number of benzene rings is 3. The van der Waals surface area contributed by atoms with Crippen molar-refractivity contribution >= 4 is 23.5 Å². The molecular formula is C40H41ClN4O6. The largest absolute Gasteiger partial charge is 0.494 e. The predicted molar refractivity (Wildman–Crippen MR) is 195 cm³/mol. The van der Waals surface area contributed by atoms with Crippen molar-refractivity contribution in [2.45, 2.75) is 58.4 Å². The van der Waals surface area contributed by atoms with E-state index in [4.69, 9.17) is 25.8 Å². The predicted octanol–water partition coefficient (Wildman–Crippen LogP) is 7.25. The van der Waals surface area contributed by atoms with Gasteiger partial charge in [0.15, 0.2) is 0 Å². The molecule has 0 aliphatic carbocycles. The van der Waals surface area contributed by atoms with Crippen LogP contribution in [-0.4, -0.2) is 52.6 Å². The number of carbonyl (C=O) groups excluding carboxylic acids is 1. The zero-order chi connectivity index (χ0) is 36.2. The summed E-state index contributed by atoms with van der Waals surface area (Å²) in [4.78, 5) is 29.5. The van der Waals surface area contributed by atoms with Crippen molar-refractivity contribution in [3.05, 3.63) is 119 Å². The van der Waals surface area contributed by atoms with E-state index < -0.39 is 12.0 Å². The average molecular weight is 709 g/mol. The molecule has 1 aliphatic rings. The van der Waals surface area contributed by atoms with Crippen molar-refractivity contribution in [2.75, 3.05) is 19.7 Å². The van der Waals surface area contributed by atoms with E-state index in [1.807, 2.05) is 48.2 Å². The summed E-state index contributed by atoms with van der Waals surface area (Å²) in [7, 11) is 0. The number of nitrogens with one attached hydrogen (secondary N) is 1. The number of aliphatic carboxylic acids is 1. The van der Waals surface area contributed by atoms with Gasteiger partial charge in [-0.3, -0.25) is 19.5 Å². The SMILES string of the molecule is C=CC(=O)NCCCOc1cccc(-c2cccc(COc3cc(OCc4cncc(C#N)c4)c(CN4CCCCC4C(=O)O)cc3Cl)c2C)c1. The number of rotatable bonds is 16. The fraction of sp³-hybridized carbons (Fsp3) is 0.300. The number of pyridine rings is 1. The minimum atomic E-state index is -0.842. The highest BCUT2D eigenvalue weighted by Crippen LogP contribution is 2.36. The zero-order valence-corrected chi connectivity index (χ0v) is 29.3. The summed E-state index contributed by atoms with van der Waals surface area (Å²) in [5, 5.41) is 22.3. The Bertz CT molecular complexity index is 1910. The molecule has 51 heavy (non-hydrogen) atoms. The third kappa shape index (κ3) is 10.1. The molecule has 1 saturated heterocycles. The molecule has 11 heteroatoms. The average Bonchev–Trinajstić information content (AvgIpc) is 3.14. The van der Waals surface area contributed by atoms with E-state index in [1.54, 1.807) is 24.4 Å². The fourth-order valence-corrected chi connectivity index (χ4v) is 6.26. The molecule has 3 aromatic carbocycles. The van der Waals surface area contributed by atoms with Crippen molar-refractivity contribution in [1.29, 1.82) is 5.26 Å². The molecule has 5 rings (SSSR count). The van der Waals surface area contributed by atoms with Crippen LogP contribution in [-0.2, 0) is 29.3 Å². The first-order valence-electron chi connectivity index (χ1n) is 16.9. The second kappa shape index (κ2) is 18.0. The van der Waals surface area contributed by atoms with E-state index in [-0.39, 0.29) is 19.1 Å². The molecule has 0 saturated carbocycles. The lowest BCUT2D eigenvalue weighted by atomic mass is 9.96. The number of carboxylic acids is 1. The third-order valence-electron chi connectivity index (χ3n) is 8.75. The number of halogens is 1.